The van der Waals surface area contributed by atoms with Gasteiger partial charge in [0.05, 0.1) is 23.2 Å². The van der Waals surface area contributed by atoms with Gasteiger partial charge in [-0.15, -0.1) is 0 Å². The van der Waals surface area contributed by atoms with Gasteiger partial charge in [0.2, 0.25) is 0 Å². The average molecular weight is 363 g/mol. The van der Waals surface area contributed by atoms with Crippen LogP contribution in [0, 0.1) is 15.9 Å². The number of carbonyl (C=O) groups is 1. The largest absolute Gasteiger partial charge is 0.462 e. The van der Waals surface area contributed by atoms with Crippen LogP contribution in [0.1, 0.15) is 17.3 Å². The standard InChI is InChI=1S/C16H14FN3O4S/c1-2-24-15(21)10-3-6-12(7-4-10)18-16(25)19-13-8-5-11(17)9-14(13)20(22)23/h3-9H,2H2,1H3,(H2,18,19,25). The van der Waals surface area contributed by atoms with Crippen LogP contribution in [0.4, 0.5) is 21.5 Å². The number of rotatable bonds is 5. The Bertz CT molecular complexity index is 812. The molecular weight excluding hydrogens is 349 g/mol. The number of esters is 1. The highest BCUT2D eigenvalue weighted by atomic mass is 32.1. The van der Waals surface area contributed by atoms with Crippen molar-refractivity contribution in [1.29, 1.82) is 0 Å². The Hall–Kier alpha value is -3.07. The molecule has 0 amide bonds. The maximum atomic E-state index is 13.1. The minimum absolute atomic E-state index is 0.0621. The van der Waals surface area contributed by atoms with Gasteiger partial charge in [0, 0.05) is 5.69 Å². The monoisotopic (exact) mass is 363 g/mol. The van der Waals surface area contributed by atoms with Gasteiger partial charge in [-0.25, -0.2) is 9.18 Å². The van der Waals surface area contributed by atoms with Crippen LogP contribution in [-0.2, 0) is 4.74 Å². The quantitative estimate of drug-likeness (QED) is 0.362. The van der Waals surface area contributed by atoms with Crippen LogP contribution < -0.4 is 10.6 Å². The number of hydrogen-bond donors (Lipinski definition) is 2. The highest BCUT2D eigenvalue weighted by Gasteiger charge is 2.16. The van der Waals surface area contributed by atoms with Crippen LogP contribution in [-0.4, -0.2) is 22.6 Å². The van der Waals surface area contributed by atoms with E-state index in [-0.39, 0.29) is 17.4 Å². The molecule has 130 valence electrons. The molecule has 2 aromatic rings. The fourth-order valence-electron chi connectivity index (χ4n) is 1.95. The molecule has 7 nitrogen and oxygen atoms in total. The third-order valence-electron chi connectivity index (χ3n) is 3.06. The fraction of sp³-hybridized carbons (Fsp3) is 0.125. The van der Waals surface area contributed by atoms with Gasteiger partial charge < -0.3 is 15.4 Å². The molecule has 0 aromatic heterocycles. The number of ether oxygens (including phenoxy) is 1. The van der Waals surface area contributed by atoms with Crippen molar-refractivity contribution in [3.63, 3.8) is 0 Å². The maximum absolute atomic E-state index is 13.1. The highest BCUT2D eigenvalue weighted by molar-refractivity contribution is 7.80. The van der Waals surface area contributed by atoms with Gasteiger partial charge >= 0.3 is 5.97 Å². The third kappa shape index (κ3) is 4.95. The van der Waals surface area contributed by atoms with Crippen LogP contribution in [0.3, 0.4) is 0 Å². The fourth-order valence-corrected chi connectivity index (χ4v) is 2.18. The van der Waals surface area contributed by atoms with E-state index in [1.54, 1.807) is 31.2 Å². The van der Waals surface area contributed by atoms with Gasteiger partial charge in [0.25, 0.3) is 5.69 Å². The van der Waals surface area contributed by atoms with Gasteiger partial charge in [0.1, 0.15) is 11.5 Å². The number of carbonyl (C=O) groups excluding carboxylic acids is 1. The van der Waals surface area contributed by atoms with Gasteiger partial charge in [-0.2, -0.15) is 0 Å². The summed E-state index contributed by atoms with van der Waals surface area (Å²) in [7, 11) is 0. The summed E-state index contributed by atoms with van der Waals surface area (Å²) in [6, 6.07) is 9.46. The molecule has 2 N–H and O–H groups in total. The second-order valence-electron chi connectivity index (χ2n) is 4.80. The number of nitro benzene ring substituents is 1. The molecule has 0 atom stereocenters. The van der Waals surface area contributed by atoms with E-state index >= 15 is 0 Å². The summed E-state index contributed by atoms with van der Waals surface area (Å²) >= 11 is 5.09. The maximum Gasteiger partial charge on any atom is 0.338 e. The summed E-state index contributed by atoms with van der Waals surface area (Å²) < 4.78 is 18.0. The first-order valence-corrected chi connectivity index (χ1v) is 7.60. The normalized spacial score (nSPS) is 10.0. The molecule has 0 aliphatic rings. The van der Waals surface area contributed by atoms with E-state index in [1.165, 1.54) is 6.07 Å². The Morgan fingerprint density at radius 3 is 2.52 bits per heavy atom. The first kappa shape index (κ1) is 18.3. The molecule has 2 rings (SSSR count). The molecule has 0 fully saturated rings. The molecule has 0 unspecified atom stereocenters. The van der Waals surface area contributed by atoms with Crippen molar-refractivity contribution in [1.82, 2.24) is 0 Å². The smallest absolute Gasteiger partial charge is 0.338 e. The van der Waals surface area contributed by atoms with Crippen molar-refractivity contribution in [2.45, 2.75) is 6.92 Å². The Kier molecular flexibility index (Phi) is 5.96. The summed E-state index contributed by atoms with van der Waals surface area (Å²) in [4.78, 5) is 21.8. The SMILES string of the molecule is CCOC(=O)c1ccc(NC(=S)Nc2ccc(F)cc2[N+](=O)[O-])cc1. The van der Waals surface area contributed by atoms with E-state index in [0.717, 1.165) is 12.1 Å². The number of nitro groups is 1. The first-order chi connectivity index (χ1) is 11.9. The number of anilines is 2. The zero-order valence-electron chi connectivity index (χ0n) is 13.1. The lowest BCUT2D eigenvalue weighted by molar-refractivity contribution is -0.384. The Labute approximate surface area is 148 Å². The number of thiocarbonyl (C=S) groups is 1. The predicted octanol–water partition coefficient (Wildman–Crippen LogP) is 3.72. The molecule has 0 heterocycles. The lowest BCUT2D eigenvalue weighted by Gasteiger charge is -2.11. The third-order valence-corrected chi connectivity index (χ3v) is 3.26. The summed E-state index contributed by atoms with van der Waals surface area (Å²) in [6.45, 7) is 2.00. The Morgan fingerprint density at radius 1 is 1.24 bits per heavy atom. The van der Waals surface area contributed by atoms with Crippen molar-refractivity contribution in [2.75, 3.05) is 17.2 Å². The van der Waals surface area contributed by atoms with E-state index in [9.17, 15) is 19.3 Å². The van der Waals surface area contributed by atoms with Crippen LogP contribution >= 0.6 is 12.2 Å². The van der Waals surface area contributed by atoms with Crippen LogP contribution in [0.25, 0.3) is 0 Å². The molecule has 2 aromatic carbocycles. The first-order valence-electron chi connectivity index (χ1n) is 7.20. The lowest BCUT2D eigenvalue weighted by atomic mass is 10.2. The Balaban J connectivity index is 2.06. The van der Waals surface area contributed by atoms with Gasteiger partial charge in [-0.3, -0.25) is 10.1 Å². The zero-order valence-corrected chi connectivity index (χ0v) is 13.9. The van der Waals surface area contributed by atoms with Gasteiger partial charge in [-0.1, -0.05) is 0 Å². The number of benzene rings is 2. The van der Waals surface area contributed by atoms with Gasteiger partial charge in [0.15, 0.2) is 5.11 Å². The van der Waals surface area contributed by atoms with E-state index in [0.29, 0.717) is 11.3 Å². The number of nitrogens with zero attached hydrogens (tertiary/aromatic N) is 1. The summed E-state index contributed by atoms with van der Waals surface area (Å²) in [5.41, 5.74) is 0.588. The van der Waals surface area contributed by atoms with Crippen molar-refractivity contribution >= 4 is 40.4 Å². The van der Waals surface area contributed by atoms with E-state index < -0.39 is 22.4 Å². The molecule has 0 saturated carbocycles. The van der Waals surface area contributed by atoms with Gasteiger partial charge in [-0.05, 0) is 55.5 Å². The van der Waals surface area contributed by atoms with Crippen molar-refractivity contribution in [3.05, 3.63) is 64.0 Å². The molecule has 0 bridgehead atoms. The summed E-state index contributed by atoms with van der Waals surface area (Å²) in [5.74, 6) is -1.15. The van der Waals surface area contributed by atoms with Crippen LogP contribution in [0.15, 0.2) is 42.5 Å². The molecule has 0 saturated heterocycles. The number of hydrogen-bond acceptors (Lipinski definition) is 5. The van der Waals surface area contributed by atoms with Crippen LogP contribution in [0.5, 0.6) is 0 Å². The predicted molar refractivity (Wildman–Crippen MR) is 95.3 cm³/mol. The van der Waals surface area contributed by atoms with Crippen LogP contribution in [0.2, 0.25) is 0 Å². The molecule has 9 heteroatoms. The Morgan fingerprint density at radius 2 is 1.92 bits per heavy atom. The number of halogens is 1. The van der Waals surface area contributed by atoms with Crippen molar-refractivity contribution in [2.24, 2.45) is 0 Å². The molecule has 0 radical (unpaired) electrons. The molecule has 0 aliphatic carbocycles. The molecule has 0 spiro atoms. The lowest BCUT2D eigenvalue weighted by Crippen LogP contribution is -2.19. The van der Waals surface area contributed by atoms with Crippen molar-refractivity contribution in [3.8, 4) is 0 Å². The minimum Gasteiger partial charge on any atom is -0.462 e. The summed E-state index contributed by atoms with van der Waals surface area (Å²) in [6.07, 6.45) is 0. The highest BCUT2D eigenvalue weighted by Crippen LogP contribution is 2.25. The summed E-state index contributed by atoms with van der Waals surface area (Å²) in [5, 5.41) is 16.5. The molecule has 25 heavy (non-hydrogen) atoms. The van der Waals surface area contributed by atoms with E-state index in [4.69, 9.17) is 17.0 Å². The molecular formula is C16H14FN3O4S. The second-order valence-corrected chi connectivity index (χ2v) is 5.20. The van der Waals surface area contributed by atoms with Crippen molar-refractivity contribution < 1.29 is 18.8 Å². The number of nitrogens with one attached hydrogen (secondary N) is 2. The molecule has 0 aliphatic heterocycles. The minimum atomic E-state index is -0.717. The topological polar surface area (TPSA) is 93.5 Å². The average Bonchev–Trinajstić information content (AvgIpc) is 2.57. The second kappa shape index (κ2) is 8.15. The van der Waals surface area contributed by atoms with E-state index in [1.807, 2.05) is 0 Å². The van der Waals surface area contributed by atoms with E-state index in [2.05, 4.69) is 10.6 Å². The zero-order chi connectivity index (χ0) is 18.4.